The Bertz CT molecular complexity index is 556. The van der Waals surface area contributed by atoms with E-state index in [4.69, 9.17) is 4.74 Å². The summed E-state index contributed by atoms with van der Waals surface area (Å²) in [5.74, 6) is -0.485. The van der Waals surface area contributed by atoms with E-state index in [-0.39, 0.29) is 11.9 Å². The highest BCUT2D eigenvalue weighted by atomic mass is 79.9. The van der Waals surface area contributed by atoms with Crippen LogP contribution in [0, 0.1) is 0 Å². The third-order valence-electron chi connectivity index (χ3n) is 2.96. The van der Waals surface area contributed by atoms with Gasteiger partial charge in [-0.05, 0) is 27.6 Å². The van der Waals surface area contributed by atoms with E-state index in [1.165, 1.54) is 12.0 Å². The summed E-state index contributed by atoms with van der Waals surface area (Å²) in [5, 5.41) is 5.37. The molecule has 1 aromatic heterocycles. The zero-order valence-corrected chi connectivity index (χ0v) is 13.5. The molecule has 1 aromatic carbocycles. The third kappa shape index (κ3) is 4.16. The van der Waals surface area contributed by atoms with Crippen LogP contribution in [-0.4, -0.2) is 19.6 Å². The van der Waals surface area contributed by atoms with Crippen LogP contribution in [0.4, 0.5) is 0 Å². The topological polar surface area (TPSA) is 38.3 Å². The molecule has 0 radical (unpaired) electrons. The number of thiophene rings is 1. The first kappa shape index (κ1) is 15.2. The number of rotatable bonds is 6. The fourth-order valence-corrected chi connectivity index (χ4v) is 3.37. The number of carbonyl (C=O) groups excluding carboxylic acids is 1. The molecule has 0 aliphatic rings. The van der Waals surface area contributed by atoms with Crippen molar-refractivity contribution in [3.63, 3.8) is 0 Å². The Hall–Kier alpha value is -1.17. The summed E-state index contributed by atoms with van der Waals surface area (Å²) in [5.41, 5.74) is 0.971. The molecule has 0 saturated heterocycles. The van der Waals surface area contributed by atoms with E-state index in [0.29, 0.717) is 6.54 Å². The SMILES string of the molecule is COC(=O)C(CNCc1cc(Br)cs1)c1ccccc1. The largest absolute Gasteiger partial charge is 0.469 e. The first-order valence-corrected chi connectivity index (χ1v) is 7.94. The van der Waals surface area contributed by atoms with Gasteiger partial charge >= 0.3 is 5.97 Å². The van der Waals surface area contributed by atoms with Crippen molar-refractivity contribution in [2.45, 2.75) is 12.5 Å². The summed E-state index contributed by atoms with van der Waals surface area (Å²) in [6, 6.07) is 11.8. The normalized spacial score (nSPS) is 12.1. The Balaban J connectivity index is 1.96. The second-order valence-corrected chi connectivity index (χ2v) is 6.26. The second-order valence-electron chi connectivity index (χ2n) is 4.35. The van der Waals surface area contributed by atoms with Crippen molar-refractivity contribution >= 4 is 33.2 Å². The molecule has 3 nitrogen and oxygen atoms in total. The van der Waals surface area contributed by atoms with Gasteiger partial charge < -0.3 is 10.1 Å². The van der Waals surface area contributed by atoms with Crippen LogP contribution in [0.2, 0.25) is 0 Å². The zero-order chi connectivity index (χ0) is 14.4. The molecule has 0 saturated carbocycles. The molecule has 0 fully saturated rings. The first-order chi connectivity index (χ1) is 9.70. The van der Waals surface area contributed by atoms with Gasteiger partial charge in [0.05, 0.1) is 13.0 Å². The van der Waals surface area contributed by atoms with Crippen molar-refractivity contribution < 1.29 is 9.53 Å². The number of methoxy groups -OCH3 is 1. The Morgan fingerprint density at radius 2 is 2.15 bits per heavy atom. The van der Waals surface area contributed by atoms with Gasteiger partial charge in [0.15, 0.2) is 0 Å². The van der Waals surface area contributed by atoms with E-state index in [1.807, 2.05) is 35.7 Å². The van der Waals surface area contributed by atoms with Gasteiger partial charge in [-0.25, -0.2) is 0 Å². The van der Waals surface area contributed by atoms with Gasteiger partial charge in [-0.15, -0.1) is 11.3 Å². The highest BCUT2D eigenvalue weighted by Crippen LogP contribution is 2.20. The molecule has 5 heteroatoms. The van der Waals surface area contributed by atoms with E-state index in [2.05, 4.69) is 27.3 Å². The van der Waals surface area contributed by atoms with Crippen molar-refractivity contribution in [2.24, 2.45) is 0 Å². The zero-order valence-electron chi connectivity index (χ0n) is 11.1. The standard InChI is InChI=1S/C15H16BrNO2S/c1-19-15(18)14(11-5-3-2-4-6-11)9-17-8-13-7-12(16)10-20-13/h2-7,10,14,17H,8-9H2,1H3. The molecule has 0 aliphatic heterocycles. The molecule has 1 unspecified atom stereocenters. The molecule has 1 atom stereocenters. The third-order valence-corrected chi connectivity index (χ3v) is 4.65. The Morgan fingerprint density at radius 3 is 2.75 bits per heavy atom. The van der Waals surface area contributed by atoms with Crippen molar-refractivity contribution in [1.82, 2.24) is 5.32 Å². The molecule has 0 amide bonds. The summed E-state index contributed by atoms with van der Waals surface area (Å²) in [7, 11) is 1.43. The lowest BCUT2D eigenvalue weighted by Gasteiger charge is -2.15. The van der Waals surface area contributed by atoms with E-state index in [0.717, 1.165) is 16.6 Å². The molecule has 1 N–H and O–H groups in total. The van der Waals surface area contributed by atoms with Crippen LogP contribution < -0.4 is 5.32 Å². The Kier molecular flexibility index (Phi) is 5.76. The van der Waals surface area contributed by atoms with Crippen LogP contribution in [0.5, 0.6) is 0 Å². The van der Waals surface area contributed by atoms with E-state index < -0.39 is 0 Å². The van der Waals surface area contributed by atoms with Crippen LogP contribution >= 0.6 is 27.3 Å². The highest BCUT2D eigenvalue weighted by molar-refractivity contribution is 9.10. The lowest BCUT2D eigenvalue weighted by atomic mass is 9.99. The Morgan fingerprint density at radius 1 is 1.40 bits per heavy atom. The average Bonchev–Trinajstić information content (AvgIpc) is 2.89. The lowest BCUT2D eigenvalue weighted by molar-refractivity contribution is -0.142. The van der Waals surface area contributed by atoms with Crippen molar-refractivity contribution in [3.05, 3.63) is 56.7 Å². The number of ether oxygens (including phenoxy) is 1. The number of halogens is 1. The minimum atomic E-state index is -0.274. The maximum absolute atomic E-state index is 11.9. The Labute approximate surface area is 131 Å². The molecule has 0 spiro atoms. The fraction of sp³-hybridized carbons (Fsp3) is 0.267. The molecule has 106 valence electrons. The number of carbonyl (C=O) groups is 1. The van der Waals surface area contributed by atoms with E-state index in [9.17, 15) is 4.79 Å². The van der Waals surface area contributed by atoms with Crippen molar-refractivity contribution in [3.8, 4) is 0 Å². The molecule has 0 aliphatic carbocycles. The van der Waals surface area contributed by atoms with Gasteiger partial charge in [-0.1, -0.05) is 30.3 Å². The number of nitrogens with one attached hydrogen (secondary N) is 1. The van der Waals surface area contributed by atoms with Gasteiger partial charge in [-0.3, -0.25) is 4.79 Å². The van der Waals surface area contributed by atoms with Crippen molar-refractivity contribution in [2.75, 3.05) is 13.7 Å². The van der Waals surface area contributed by atoms with Crippen LogP contribution in [0.1, 0.15) is 16.4 Å². The van der Waals surface area contributed by atoms with E-state index in [1.54, 1.807) is 11.3 Å². The fourth-order valence-electron chi connectivity index (χ4n) is 1.95. The predicted octanol–water partition coefficient (Wildman–Crippen LogP) is 3.56. The molecule has 1 heterocycles. The maximum Gasteiger partial charge on any atom is 0.314 e. The van der Waals surface area contributed by atoms with Gasteiger partial charge in [0, 0.05) is 27.8 Å². The molecule has 2 aromatic rings. The number of esters is 1. The second kappa shape index (κ2) is 7.57. The molecular weight excluding hydrogens is 338 g/mol. The van der Waals surface area contributed by atoms with Crippen LogP contribution in [0.15, 0.2) is 46.3 Å². The van der Waals surface area contributed by atoms with Gasteiger partial charge in [-0.2, -0.15) is 0 Å². The number of hydrogen-bond donors (Lipinski definition) is 1. The summed E-state index contributed by atoms with van der Waals surface area (Å²) in [4.78, 5) is 13.1. The average molecular weight is 354 g/mol. The minimum Gasteiger partial charge on any atom is -0.469 e. The van der Waals surface area contributed by atoms with Gasteiger partial charge in [0.1, 0.15) is 0 Å². The van der Waals surface area contributed by atoms with E-state index >= 15 is 0 Å². The summed E-state index contributed by atoms with van der Waals surface area (Å²) < 4.78 is 5.98. The summed E-state index contributed by atoms with van der Waals surface area (Å²) in [6.45, 7) is 1.31. The number of hydrogen-bond acceptors (Lipinski definition) is 4. The lowest BCUT2D eigenvalue weighted by Crippen LogP contribution is -2.27. The molecule has 20 heavy (non-hydrogen) atoms. The first-order valence-electron chi connectivity index (χ1n) is 6.27. The summed E-state index contributed by atoms with van der Waals surface area (Å²) in [6.07, 6.45) is 0. The molecular formula is C15H16BrNO2S. The summed E-state index contributed by atoms with van der Waals surface area (Å²) >= 11 is 5.12. The van der Waals surface area contributed by atoms with Crippen LogP contribution in [0.25, 0.3) is 0 Å². The number of benzene rings is 1. The molecule has 0 bridgehead atoms. The molecule has 2 rings (SSSR count). The van der Waals surface area contributed by atoms with Crippen LogP contribution in [0.3, 0.4) is 0 Å². The predicted molar refractivity (Wildman–Crippen MR) is 84.9 cm³/mol. The minimum absolute atomic E-state index is 0.212. The van der Waals surface area contributed by atoms with Crippen molar-refractivity contribution in [1.29, 1.82) is 0 Å². The smallest absolute Gasteiger partial charge is 0.314 e. The highest BCUT2D eigenvalue weighted by Gasteiger charge is 2.20. The van der Waals surface area contributed by atoms with Gasteiger partial charge in [0.25, 0.3) is 0 Å². The van der Waals surface area contributed by atoms with Crippen LogP contribution in [-0.2, 0) is 16.1 Å². The quantitative estimate of drug-likeness (QED) is 0.807. The maximum atomic E-state index is 11.9. The van der Waals surface area contributed by atoms with Gasteiger partial charge in [0.2, 0.25) is 0 Å². The monoisotopic (exact) mass is 353 g/mol.